The minimum absolute atomic E-state index is 0.00702. The third-order valence-electron chi connectivity index (χ3n) is 3.70. The van der Waals surface area contributed by atoms with Crippen LogP contribution >= 0.6 is 0 Å². The van der Waals surface area contributed by atoms with Gasteiger partial charge in [0.1, 0.15) is 0 Å². The van der Waals surface area contributed by atoms with Gasteiger partial charge >= 0.3 is 0 Å². The zero-order chi connectivity index (χ0) is 12.8. The summed E-state index contributed by atoms with van der Waals surface area (Å²) in [4.78, 5) is 11.7. The molecule has 18 heavy (non-hydrogen) atoms. The number of hydrogen-bond donors (Lipinski definition) is 3. The first kappa shape index (κ1) is 13.8. The highest BCUT2D eigenvalue weighted by atomic mass is 16.5. The highest BCUT2D eigenvalue weighted by Crippen LogP contribution is 2.20. The number of ether oxygens (including phenoxy) is 1. The molecule has 5 heteroatoms. The van der Waals surface area contributed by atoms with E-state index in [1.165, 1.54) is 25.7 Å². The van der Waals surface area contributed by atoms with Crippen LogP contribution in [0, 0.1) is 0 Å². The van der Waals surface area contributed by atoms with Crippen molar-refractivity contribution in [3.05, 3.63) is 0 Å². The van der Waals surface area contributed by atoms with Crippen molar-refractivity contribution in [3.63, 3.8) is 0 Å². The van der Waals surface area contributed by atoms with Crippen molar-refractivity contribution >= 4 is 5.91 Å². The van der Waals surface area contributed by atoms with E-state index in [0.717, 1.165) is 13.0 Å². The fourth-order valence-corrected chi connectivity index (χ4v) is 2.63. The quantitative estimate of drug-likeness (QED) is 0.593. The Labute approximate surface area is 108 Å². The van der Waals surface area contributed by atoms with Gasteiger partial charge in [0.05, 0.1) is 18.2 Å². The average molecular weight is 256 g/mol. The number of carbonyl (C=O) groups is 1. The minimum Gasteiger partial charge on any atom is -0.392 e. The van der Waals surface area contributed by atoms with Crippen LogP contribution in [0.5, 0.6) is 0 Å². The van der Waals surface area contributed by atoms with Gasteiger partial charge in [-0.05, 0) is 25.7 Å². The number of nitrogens with one attached hydrogen (secondary N) is 2. The van der Waals surface area contributed by atoms with Crippen molar-refractivity contribution < 1.29 is 14.6 Å². The fourth-order valence-electron chi connectivity index (χ4n) is 2.63. The van der Waals surface area contributed by atoms with E-state index < -0.39 is 0 Å². The van der Waals surface area contributed by atoms with Crippen molar-refractivity contribution in [3.8, 4) is 0 Å². The summed E-state index contributed by atoms with van der Waals surface area (Å²) < 4.78 is 5.72. The van der Waals surface area contributed by atoms with Crippen LogP contribution in [0.3, 0.4) is 0 Å². The van der Waals surface area contributed by atoms with Crippen LogP contribution in [0.15, 0.2) is 0 Å². The van der Waals surface area contributed by atoms with Crippen LogP contribution in [0.2, 0.25) is 0 Å². The molecule has 2 unspecified atom stereocenters. The number of rotatable bonds is 6. The Bertz CT molecular complexity index is 267. The second-order valence-corrected chi connectivity index (χ2v) is 5.27. The van der Waals surface area contributed by atoms with Gasteiger partial charge in [-0.1, -0.05) is 12.8 Å². The Hall–Kier alpha value is -0.650. The molecule has 0 aromatic carbocycles. The molecule has 2 atom stereocenters. The molecule has 1 aliphatic heterocycles. The van der Waals surface area contributed by atoms with Gasteiger partial charge in [0, 0.05) is 19.7 Å². The minimum atomic E-state index is -0.383. The lowest BCUT2D eigenvalue weighted by atomic mass is 10.2. The number of aliphatic hydroxyl groups is 1. The molecule has 2 aliphatic rings. The van der Waals surface area contributed by atoms with Gasteiger partial charge in [-0.15, -0.1) is 0 Å². The van der Waals surface area contributed by atoms with Gasteiger partial charge in [-0.25, -0.2) is 0 Å². The molecule has 1 amide bonds. The standard InChI is InChI=1S/C13H24N2O3/c16-10-8-12(15-9-10)13(17)14-6-3-7-18-11-4-1-2-5-11/h10-12,15-16H,1-9H2,(H,14,17). The maximum atomic E-state index is 11.7. The molecular formula is C13H24N2O3. The van der Waals surface area contributed by atoms with E-state index in [1.807, 2.05) is 0 Å². The first-order valence-electron chi connectivity index (χ1n) is 7.06. The third-order valence-corrected chi connectivity index (χ3v) is 3.70. The van der Waals surface area contributed by atoms with Crippen molar-refractivity contribution in [2.24, 2.45) is 0 Å². The Morgan fingerprint density at radius 2 is 2.17 bits per heavy atom. The van der Waals surface area contributed by atoms with Gasteiger partial charge in [0.25, 0.3) is 0 Å². The molecule has 0 bridgehead atoms. The second kappa shape index (κ2) is 7.07. The third kappa shape index (κ3) is 4.23. The molecule has 1 aliphatic carbocycles. The van der Waals surface area contributed by atoms with Crippen molar-refractivity contribution in [1.82, 2.24) is 10.6 Å². The largest absolute Gasteiger partial charge is 0.392 e. The van der Waals surface area contributed by atoms with E-state index in [0.29, 0.717) is 25.6 Å². The van der Waals surface area contributed by atoms with Gasteiger partial charge in [-0.3, -0.25) is 4.79 Å². The average Bonchev–Trinajstić information content (AvgIpc) is 2.99. The summed E-state index contributed by atoms with van der Waals surface area (Å²) in [6, 6.07) is -0.226. The van der Waals surface area contributed by atoms with E-state index in [9.17, 15) is 9.90 Å². The lowest BCUT2D eigenvalue weighted by molar-refractivity contribution is -0.123. The molecule has 104 valence electrons. The van der Waals surface area contributed by atoms with Crippen LogP contribution in [0.25, 0.3) is 0 Å². The van der Waals surface area contributed by atoms with E-state index in [4.69, 9.17) is 4.74 Å². The van der Waals surface area contributed by atoms with Crippen LogP contribution in [-0.2, 0) is 9.53 Å². The summed E-state index contributed by atoms with van der Waals surface area (Å²) >= 11 is 0. The van der Waals surface area contributed by atoms with Crippen molar-refractivity contribution in [2.45, 2.75) is 56.8 Å². The Balaban J connectivity index is 1.48. The number of β-amino-alcohol motifs (C(OH)–C–C–N with tert-alkyl or cyclic N) is 1. The van der Waals surface area contributed by atoms with E-state index in [-0.39, 0.29) is 18.1 Å². The molecule has 3 N–H and O–H groups in total. The summed E-state index contributed by atoms with van der Waals surface area (Å²) in [6.45, 7) is 1.90. The Morgan fingerprint density at radius 1 is 1.39 bits per heavy atom. The zero-order valence-corrected chi connectivity index (χ0v) is 10.9. The van der Waals surface area contributed by atoms with Crippen LogP contribution in [0.4, 0.5) is 0 Å². The predicted octanol–water partition coefficient (Wildman–Crippen LogP) is 0.175. The number of carbonyl (C=O) groups excluding carboxylic acids is 1. The summed E-state index contributed by atoms with van der Waals surface area (Å²) in [5.41, 5.74) is 0. The maximum absolute atomic E-state index is 11.7. The molecule has 0 radical (unpaired) electrons. The summed E-state index contributed by atoms with van der Waals surface area (Å²) in [6.07, 6.45) is 6.40. The van der Waals surface area contributed by atoms with E-state index >= 15 is 0 Å². The highest BCUT2D eigenvalue weighted by molar-refractivity contribution is 5.82. The van der Waals surface area contributed by atoms with E-state index in [1.54, 1.807) is 0 Å². The summed E-state index contributed by atoms with van der Waals surface area (Å²) in [5, 5.41) is 15.2. The maximum Gasteiger partial charge on any atom is 0.237 e. The number of hydrogen-bond acceptors (Lipinski definition) is 4. The molecule has 0 aromatic heterocycles. The first-order valence-corrected chi connectivity index (χ1v) is 7.06. The monoisotopic (exact) mass is 256 g/mol. The molecule has 1 saturated carbocycles. The summed E-state index contributed by atoms with van der Waals surface area (Å²) in [7, 11) is 0. The number of aliphatic hydroxyl groups excluding tert-OH is 1. The lowest BCUT2D eigenvalue weighted by Gasteiger charge is -2.13. The molecule has 1 saturated heterocycles. The lowest BCUT2D eigenvalue weighted by Crippen LogP contribution is -2.40. The molecule has 0 aromatic rings. The molecule has 0 spiro atoms. The normalized spacial score (nSPS) is 28.7. The van der Waals surface area contributed by atoms with Crippen molar-refractivity contribution in [2.75, 3.05) is 19.7 Å². The molecule has 2 rings (SSSR count). The Morgan fingerprint density at radius 3 is 2.83 bits per heavy atom. The zero-order valence-electron chi connectivity index (χ0n) is 10.9. The second-order valence-electron chi connectivity index (χ2n) is 5.27. The van der Waals surface area contributed by atoms with Gasteiger partial charge in [0.2, 0.25) is 5.91 Å². The molecule has 1 heterocycles. The highest BCUT2D eigenvalue weighted by Gasteiger charge is 2.27. The summed E-state index contributed by atoms with van der Waals surface area (Å²) in [5.74, 6) is -0.00702. The SMILES string of the molecule is O=C(NCCCOC1CCCC1)C1CC(O)CN1. The first-order chi connectivity index (χ1) is 8.75. The predicted molar refractivity (Wildman–Crippen MR) is 68.2 cm³/mol. The molecule has 2 fully saturated rings. The topological polar surface area (TPSA) is 70.6 Å². The van der Waals surface area contributed by atoms with Crippen LogP contribution in [0.1, 0.15) is 38.5 Å². The Kier molecular flexibility index (Phi) is 5.41. The van der Waals surface area contributed by atoms with Gasteiger partial charge in [-0.2, -0.15) is 0 Å². The van der Waals surface area contributed by atoms with Crippen LogP contribution in [-0.4, -0.2) is 49.0 Å². The molecule has 5 nitrogen and oxygen atoms in total. The smallest absolute Gasteiger partial charge is 0.237 e. The molecular weight excluding hydrogens is 232 g/mol. The van der Waals surface area contributed by atoms with Gasteiger partial charge in [0.15, 0.2) is 0 Å². The van der Waals surface area contributed by atoms with E-state index in [2.05, 4.69) is 10.6 Å². The van der Waals surface area contributed by atoms with Crippen LogP contribution < -0.4 is 10.6 Å². The number of amides is 1. The fraction of sp³-hybridized carbons (Fsp3) is 0.923. The van der Waals surface area contributed by atoms with Gasteiger partial charge < -0.3 is 20.5 Å². The van der Waals surface area contributed by atoms with Crippen molar-refractivity contribution in [1.29, 1.82) is 0 Å².